The second-order valence-corrected chi connectivity index (χ2v) is 4.80. The normalized spacial score (nSPS) is 11.3. The second-order valence-electron chi connectivity index (χ2n) is 4.80. The van der Waals surface area contributed by atoms with Gasteiger partial charge in [-0.05, 0) is 19.4 Å². The largest absolute Gasteiger partial charge is 0.386 e. The average molecular weight is 240 g/mol. The van der Waals surface area contributed by atoms with Crippen LogP contribution in [0.5, 0.6) is 0 Å². The number of hydrogen-bond acceptors (Lipinski definition) is 2. The molecule has 1 N–H and O–H groups in total. The van der Waals surface area contributed by atoms with Crippen LogP contribution in [0.25, 0.3) is 0 Å². The first-order valence-corrected chi connectivity index (χ1v) is 5.92. The van der Waals surface area contributed by atoms with Crippen molar-refractivity contribution in [3.63, 3.8) is 0 Å². The molecule has 0 heterocycles. The molecule has 0 bridgehead atoms. The van der Waals surface area contributed by atoms with Gasteiger partial charge in [-0.3, -0.25) is 4.79 Å². The summed E-state index contributed by atoms with van der Waals surface area (Å²) in [7, 11) is 0. The summed E-state index contributed by atoms with van der Waals surface area (Å²) >= 11 is 0. The van der Waals surface area contributed by atoms with Crippen molar-refractivity contribution >= 4 is 5.78 Å². The van der Waals surface area contributed by atoms with Gasteiger partial charge in [0.2, 0.25) is 0 Å². The van der Waals surface area contributed by atoms with Crippen LogP contribution in [-0.2, 0) is 5.60 Å². The molecule has 0 saturated heterocycles. The molecular weight excluding hydrogens is 224 g/mol. The lowest BCUT2D eigenvalue weighted by molar-refractivity contribution is 0.0760. The highest BCUT2D eigenvalue weighted by molar-refractivity contribution is 6.10. The van der Waals surface area contributed by atoms with Crippen molar-refractivity contribution in [3.05, 3.63) is 71.3 Å². The Morgan fingerprint density at radius 3 is 2.11 bits per heavy atom. The monoisotopic (exact) mass is 240 g/mol. The van der Waals surface area contributed by atoms with E-state index in [-0.39, 0.29) is 5.78 Å². The number of ketones is 1. The molecule has 0 radical (unpaired) electrons. The zero-order valence-corrected chi connectivity index (χ0v) is 10.6. The molecular formula is C16H16O2. The van der Waals surface area contributed by atoms with Gasteiger partial charge in [0.1, 0.15) is 0 Å². The van der Waals surface area contributed by atoms with E-state index in [1.807, 2.05) is 30.3 Å². The van der Waals surface area contributed by atoms with E-state index >= 15 is 0 Å². The molecule has 92 valence electrons. The summed E-state index contributed by atoms with van der Waals surface area (Å²) in [5.41, 5.74) is 0.811. The maximum Gasteiger partial charge on any atom is 0.193 e. The standard InChI is InChI=1S/C16H16O2/c1-16(2,18)14-11-7-6-10-13(14)15(17)12-8-4-3-5-9-12/h3-11,18H,1-2H3. The van der Waals surface area contributed by atoms with Crippen molar-refractivity contribution in [2.75, 3.05) is 0 Å². The van der Waals surface area contributed by atoms with Crippen LogP contribution in [-0.4, -0.2) is 10.9 Å². The number of benzene rings is 2. The van der Waals surface area contributed by atoms with Gasteiger partial charge in [0.25, 0.3) is 0 Å². The molecule has 2 rings (SSSR count). The third-order valence-corrected chi connectivity index (χ3v) is 2.87. The number of aliphatic hydroxyl groups is 1. The fraction of sp³-hybridized carbons (Fsp3) is 0.188. The van der Waals surface area contributed by atoms with Crippen molar-refractivity contribution in [2.45, 2.75) is 19.4 Å². The van der Waals surface area contributed by atoms with E-state index in [1.54, 1.807) is 38.1 Å². The highest BCUT2D eigenvalue weighted by atomic mass is 16.3. The molecule has 0 aliphatic carbocycles. The van der Waals surface area contributed by atoms with Gasteiger partial charge in [0.05, 0.1) is 5.60 Å². The number of carbonyl (C=O) groups excluding carboxylic acids is 1. The van der Waals surface area contributed by atoms with Crippen molar-refractivity contribution in [1.82, 2.24) is 0 Å². The zero-order valence-electron chi connectivity index (χ0n) is 10.6. The summed E-state index contributed by atoms with van der Waals surface area (Å²) in [6.07, 6.45) is 0. The first-order valence-electron chi connectivity index (χ1n) is 5.92. The van der Waals surface area contributed by atoms with Crippen LogP contribution in [0.4, 0.5) is 0 Å². The average Bonchev–Trinajstić information content (AvgIpc) is 2.38. The van der Waals surface area contributed by atoms with E-state index in [4.69, 9.17) is 0 Å². The molecule has 0 saturated carbocycles. The van der Waals surface area contributed by atoms with E-state index in [0.717, 1.165) is 0 Å². The minimum atomic E-state index is -1.03. The van der Waals surface area contributed by atoms with Gasteiger partial charge in [0.15, 0.2) is 5.78 Å². The summed E-state index contributed by atoms with van der Waals surface area (Å²) < 4.78 is 0. The first-order chi connectivity index (χ1) is 8.50. The molecule has 2 aromatic rings. The lowest BCUT2D eigenvalue weighted by atomic mass is 9.89. The van der Waals surface area contributed by atoms with Crippen molar-refractivity contribution in [2.24, 2.45) is 0 Å². The molecule has 0 spiro atoms. The number of rotatable bonds is 3. The Morgan fingerprint density at radius 1 is 0.944 bits per heavy atom. The van der Waals surface area contributed by atoms with Crippen LogP contribution >= 0.6 is 0 Å². The molecule has 0 aliphatic rings. The highest BCUT2D eigenvalue weighted by Gasteiger charge is 2.23. The highest BCUT2D eigenvalue weighted by Crippen LogP contribution is 2.25. The molecule has 0 fully saturated rings. The Kier molecular flexibility index (Phi) is 3.30. The van der Waals surface area contributed by atoms with Gasteiger partial charge in [-0.15, -0.1) is 0 Å². The fourth-order valence-corrected chi connectivity index (χ4v) is 1.96. The summed E-state index contributed by atoms with van der Waals surface area (Å²) in [6.45, 7) is 3.37. The number of carbonyl (C=O) groups is 1. The number of hydrogen-bond donors (Lipinski definition) is 1. The minimum Gasteiger partial charge on any atom is -0.386 e. The molecule has 2 nitrogen and oxygen atoms in total. The maximum atomic E-state index is 12.4. The zero-order chi connectivity index (χ0) is 13.2. The van der Waals surface area contributed by atoms with E-state index in [2.05, 4.69) is 0 Å². The van der Waals surface area contributed by atoms with Gasteiger partial charge in [-0.25, -0.2) is 0 Å². The Morgan fingerprint density at radius 2 is 1.50 bits per heavy atom. The lowest BCUT2D eigenvalue weighted by Crippen LogP contribution is -2.20. The predicted octanol–water partition coefficient (Wildman–Crippen LogP) is 3.15. The van der Waals surface area contributed by atoms with Crippen molar-refractivity contribution < 1.29 is 9.90 Å². The summed E-state index contributed by atoms with van der Waals surface area (Å²) in [6, 6.07) is 16.3. The Bertz CT molecular complexity index is 551. The summed E-state index contributed by atoms with van der Waals surface area (Å²) in [4.78, 5) is 12.4. The molecule has 0 aliphatic heterocycles. The third kappa shape index (κ3) is 2.49. The molecule has 0 aromatic heterocycles. The molecule has 0 unspecified atom stereocenters. The molecule has 2 heteroatoms. The predicted molar refractivity (Wildman–Crippen MR) is 71.6 cm³/mol. The van der Waals surface area contributed by atoms with Gasteiger partial charge >= 0.3 is 0 Å². The Labute approximate surface area is 107 Å². The van der Waals surface area contributed by atoms with Gasteiger partial charge in [-0.2, -0.15) is 0 Å². The van der Waals surface area contributed by atoms with E-state index in [0.29, 0.717) is 16.7 Å². The van der Waals surface area contributed by atoms with E-state index in [1.165, 1.54) is 0 Å². The van der Waals surface area contributed by atoms with Gasteiger partial charge < -0.3 is 5.11 Å². The Hall–Kier alpha value is -1.93. The van der Waals surface area contributed by atoms with E-state index in [9.17, 15) is 9.90 Å². The first kappa shape index (κ1) is 12.5. The van der Waals surface area contributed by atoms with E-state index < -0.39 is 5.60 Å². The van der Waals surface area contributed by atoms with Crippen LogP contribution < -0.4 is 0 Å². The van der Waals surface area contributed by atoms with Crippen LogP contribution in [0.1, 0.15) is 35.3 Å². The Balaban J connectivity index is 2.50. The van der Waals surface area contributed by atoms with Gasteiger partial charge in [0, 0.05) is 11.1 Å². The summed E-state index contributed by atoms with van der Waals surface area (Å²) in [5, 5.41) is 10.1. The van der Waals surface area contributed by atoms with Crippen LogP contribution in [0.3, 0.4) is 0 Å². The smallest absolute Gasteiger partial charge is 0.193 e. The quantitative estimate of drug-likeness (QED) is 0.837. The second kappa shape index (κ2) is 4.75. The molecule has 18 heavy (non-hydrogen) atoms. The van der Waals surface area contributed by atoms with Crippen LogP contribution in [0.2, 0.25) is 0 Å². The van der Waals surface area contributed by atoms with Crippen molar-refractivity contribution in [3.8, 4) is 0 Å². The van der Waals surface area contributed by atoms with Gasteiger partial charge in [-0.1, -0.05) is 54.6 Å². The molecule has 0 amide bonds. The van der Waals surface area contributed by atoms with Crippen LogP contribution in [0, 0.1) is 0 Å². The lowest BCUT2D eigenvalue weighted by Gasteiger charge is -2.21. The van der Waals surface area contributed by atoms with Crippen LogP contribution in [0.15, 0.2) is 54.6 Å². The topological polar surface area (TPSA) is 37.3 Å². The maximum absolute atomic E-state index is 12.4. The molecule has 0 atom stereocenters. The summed E-state index contributed by atoms with van der Waals surface area (Å²) in [5.74, 6) is -0.0617. The third-order valence-electron chi connectivity index (χ3n) is 2.87. The minimum absolute atomic E-state index is 0.0617. The SMILES string of the molecule is CC(C)(O)c1ccccc1C(=O)c1ccccc1. The fourth-order valence-electron chi connectivity index (χ4n) is 1.96. The molecule has 2 aromatic carbocycles. The van der Waals surface area contributed by atoms with Crippen molar-refractivity contribution in [1.29, 1.82) is 0 Å².